The first-order valence-electron chi connectivity index (χ1n) is 4.59. The summed E-state index contributed by atoms with van der Waals surface area (Å²) in [4.78, 5) is 4.32. The normalized spacial score (nSPS) is 29.1. The summed E-state index contributed by atoms with van der Waals surface area (Å²) in [5.74, 6) is 0. The molecule has 0 unspecified atom stereocenters. The van der Waals surface area contributed by atoms with Gasteiger partial charge in [-0.2, -0.15) is 18.7 Å². The van der Waals surface area contributed by atoms with Gasteiger partial charge in [0.25, 0.3) is 0 Å². The van der Waals surface area contributed by atoms with E-state index < -0.39 is 12.8 Å². The number of alkyl halides is 3. The smallest absolute Gasteiger partial charge is 0.393 e. The van der Waals surface area contributed by atoms with E-state index >= 15 is 0 Å². The first-order valence-corrected chi connectivity index (χ1v) is 4.59. The number of aliphatic hydroxyl groups is 1. The maximum Gasteiger partial charge on any atom is 0.413 e. The lowest BCUT2D eigenvalue weighted by Crippen LogP contribution is -2.36. The molecule has 0 radical (unpaired) electrons. The predicted octanol–water partition coefficient (Wildman–Crippen LogP) is 1.37. The Balaban J connectivity index is 2.08. The summed E-state index contributed by atoms with van der Waals surface area (Å²) >= 11 is 0. The van der Waals surface area contributed by atoms with Crippen LogP contribution in [0.2, 0.25) is 0 Å². The molecule has 0 atom stereocenters. The average molecular weight is 213 g/mol. The summed E-state index contributed by atoms with van der Waals surface area (Å²) in [7, 11) is 0. The van der Waals surface area contributed by atoms with Gasteiger partial charge in [-0.1, -0.05) is 0 Å². The molecule has 0 aliphatic heterocycles. The fourth-order valence-electron chi connectivity index (χ4n) is 1.44. The second-order valence-corrected chi connectivity index (χ2v) is 3.53. The van der Waals surface area contributed by atoms with E-state index in [0.29, 0.717) is 25.7 Å². The van der Waals surface area contributed by atoms with E-state index in [4.69, 9.17) is 5.11 Å². The van der Waals surface area contributed by atoms with Crippen molar-refractivity contribution >= 4 is 0 Å². The van der Waals surface area contributed by atoms with Crippen molar-refractivity contribution in [2.24, 2.45) is 0 Å². The van der Waals surface area contributed by atoms with Crippen molar-refractivity contribution < 1.29 is 23.1 Å². The highest BCUT2D eigenvalue weighted by Gasteiger charge is 2.28. The van der Waals surface area contributed by atoms with E-state index in [1.165, 1.54) is 0 Å². The third kappa shape index (κ3) is 4.78. The molecule has 2 N–H and O–H groups in total. The van der Waals surface area contributed by atoms with E-state index in [2.05, 4.69) is 10.3 Å². The molecule has 0 spiro atoms. The third-order valence-corrected chi connectivity index (χ3v) is 2.18. The van der Waals surface area contributed by atoms with E-state index in [-0.39, 0.29) is 12.1 Å². The summed E-state index contributed by atoms with van der Waals surface area (Å²) in [6.07, 6.45) is -2.06. The average Bonchev–Trinajstić information content (AvgIpc) is 2.06. The van der Waals surface area contributed by atoms with Crippen molar-refractivity contribution in [3.8, 4) is 0 Å². The van der Waals surface area contributed by atoms with Crippen molar-refractivity contribution in [1.29, 1.82) is 0 Å². The van der Waals surface area contributed by atoms with Crippen LogP contribution in [0.25, 0.3) is 0 Å². The first-order chi connectivity index (χ1) is 6.47. The number of hydroxylamine groups is 1. The van der Waals surface area contributed by atoms with Crippen molar-refractivity contribution in [3.05, 3.63) is 0 Å². The number of hydrogen-bond acceptors (Lipinski definition) is 3. The molecule has 0 heterocycles. The third-order valence-electron chi connectivity index (χ3n) is 2.18. The van der Waals surface area contributed by atoms with Gasteiger partial charge in [0.05, 0.1) is 6.10 Å². The van der Waals surface area contributed by atoms with Crippen molar-refractivity contribution in [2.75, 3.05) is 6.61 Å². The van der Waals surface area contributed by atoms with E-state index in [1.54, 1.807) is 0 Å². The van der Waals surface area contributed by atoms with Gasteiger partial charge >= 0.3 is 6.18 Å². The van der Waals surface area contributed by atoms with Gasteiger partial charge in [-0.3, -0.25) is 4.84 Å². The standard InChI is InChI=1S/C8H14F3NO2/c9-8(10,11)5-14-12-6-1-3-7(13)4-2-6/h6-7,12-13H,1-5H2. The summed E-state index contributed by atoms with van der Waals surface area (Å²) < 4.78 is 35.0. The number of nitrogens with one attached hydrogen (secondary N) is 1. The maximum atomic E-state index is 11.7. The lowest BCUT2D eigenvalue weighted by atomic mass is 9.94. The van der Waals surface area contributed by atoms with Gasteiger partial charge in [0, 0.05) is 6.04 Å². The minimum Gasteiger partial charge on any atom is -0.393 e. The summed E-state index contributed by atoms with van der Waals surface area (Å²) in [5, 5.41) is 9.13. The van der Waals surface area contributed by atoms with Crippen LogP contribution in [-0.4, -0.2) is 30.0 Å². The molecule has 1 aliphatic rings. The van der Waals surface area contributed by atoms with Crippen LogP contribution in [0.5, 0.6) is 0 Å². The zero-order valence-electron chi connectivity index (χ0n) is 7.68. The Morgan fingerprint density at radius 1 is 1.21 bits per heavy atom. The minimum atomic E-state index is -4.29. The van der Waals surface area contributed by atoms with Gasteiger partial charge in [-0.25, -0.2) is 0 Å². The van der Waals surface area contributed by atoms with Crippen LogP contribution in [0.1, 0.15) is 25.7 Å². The Hall–Kier alpha value is -0.330. The van der Waals surface area contributed by atoms with Gasteiger partial charge in [0.2, 0.25) is 0 Å². The highest BCUT2D eigenvalue weighted by Crippen LogP contribution is 2.19. The number of aliphatic hydroxyl groups excluding tert-OH is 1. The van der Waals surface area contributed by atoms with Crippen molar-refractivity contribution in [1.82, 2.24) is 5.48 Å². The van der Waals surface area contributed by atoms with Crippen LogP contribution in [0.4, 0.5) is 13.2 Å². The maximum absolute atomic E-state index is 11.7. The zero-order chi connectivity index (χ0) is 10.6. The molecule has 1 aliphatic carbocycles. The SMILES string of the molecule is OC1CCC(NOCC(F)(F)F)CC1. The van der Waals surface area contributed by atoms with Gasteiger partial charge in [-0.15, -0.1) is 0 Å². The topological polar surface area (TPSA) is 41.5 Å². The molecular formula is C8H14F3NO2. The Morgan fingerprint density at radius 2 is 1.79 bits per heavy atom. The lowest BCUT2D eigenvalue weighted by Gasteiger charge is -2.25. The van der Waals surface area contributed by atoms with Crippen LogP contribution < -0.4 is 5.48 Å². The summed E-state index contributed by atoms with van der Waals surface area (Å²) in [6.45, 7) is -1.27. The molecular weight excluding hydrogens is 199 g/mol. The molecule has 3 nitrogen and oxygen atoms in total. The number of rotatable bonds is 3. The zero-order valence-corrected chi connectivity index (χ0v) is 7.68. The van der Waals surface area contributed by atoms with E-state index in [0.717, 1.165) is 0 Å². The molecule has 0 aromatic carbocycles. The molecule has 1 fully saturated rings. The molecule has 0 aromatic heterocycles. The van der Waals surface area contributed by atoms with Crippen LogP contribution in [0, 0.1) is 0 Å². The van der Waals surface area contributed by atoms with Crippen LogP contribution in [0.3, 0.4) is 0 Å². The van der Waals surface area contributed by atoms with Crippen LogP contribution in [0.15, 0.2) is 0 Å². The molecule has 14 heavy (non-hydrogen) atoms. The molecule has 6 heteroatoms. The molecule has 0 amide bonds. The monoisotopic (exact) mass is 213 g/mol. The Bertz CT molecular complexity index is 166. The van der Waals surface area contributed by atoms with Gasteiger partial charge in [0.15, 0.2) is 6.61 Å². The highest BCUT2D eigenvalue weighted by molar-refractivity contribution is 4.73. The second-order valence-electron chi connectivity index (χ2n) is 3.53. The molecule has 1 saturated carbocycles. The Labute approximate surface area is 80.2 Å². The van der Waals surface area contributed by atoms with Gasteiger partial charge < -0.3 is 5.11 Å². The number of hydrogen-bond donors (Lipinski definition) is 2. The van der Waals surface area contributed by atoms with E-state index in [9.17, 15) is 13.2 Å². The van der Waals surface area contributed by atoms with Gasteiger partial charge in [-0.05, 0) is 25.7 Å². The molecule has 0 saturated heterocycles. The van der Waals surface area contributed by atoms with Crippen molar-refractivity contribution in [3.63, 3.8) is 0 Å². The largest absolute Gasteiger partial charge is 0.413 e. The Morgan fingerprint density at radius 3 is 2.29 bits per heavy atom. The first kappa shape index (κ1) is 11.7. The summed E-state index contributed by atoms with van der Waals surface area (Å²) in [6, 6.07) is -0.0688. The van der Waals surface area contributed by atoms with E-state index in [1.807, 2.05) is 0 Å². The molecule has 0 aromatic rings. The number of halogens is 3. The van der Waals surface area contributed by atoms with Crippen LogP contribution in [-0.2, 0) is 4.84 Å². The van der Waals surface area contributed by atoms with Crippen molar-refractivity contribution in [2.45, 2.75) is 44.0 Å². The quantitative estimate of drug-likeness (QED) is 0.696. The molecule has 1 rings (SSSR count). The molecule has 84 valence electrons. The lowest BCUT2D eigenvalue weighted by molar-refractivity contribution is -0.194. The second kappa shape index (κ2) is 4.95. The molecule has 0 bridgehead atoms. The fraction of sp³-hybridized carbons (Fsp3) is 1.00. The minimum absolute atomic E-state index is 0.0688. The van der Waals surface area contributed by atoms with Crippen LogP contribution >= 0.6 is 0 Å². The summed E-state index contributed by atoms with van der Waals surface area (Å²) in [5.41, 5.74) is 2.37. The van der Waals surface area contributed by atoms with Gasteiger partial charge in [0.1, 0.15) is 0 Å². The predicted molar refractivity (Wildman–Crippen MR) is 43.4 cm³/mol. The highest BCUT2D eigenvalue weighted by atomic mass is 19.4. The fourth-order valence-corrected chi connectivity index (χ4v) is 1.44. The Kier molecular flexibility index (Phi) is 4.15.